The highest BCUT2D eigenvalue weighted by Gasteiger charge is 2.27. The molecule has 0 saturated carbocycles. The zero-order chi connectivity index (χ0) is 12.6. The third-order valence-corrected chi connectivity index (χ3v) is 5.10. The molecule has 5 nitrogen and oxygen atoms in total. The summed E-state index contributed by atoms with van der Waals surface area (Å²) < 4.78 is 28.0. The van der Waals surface area contributed by atoms with E-state index < -0.39 is 9.84 Å². The smallest absolute Gasteiger partial charge is 0.150 e. The van der Waals surface area contributed by atoms with Crippen molar-refractivity contribution in [2.24, 2.45) is 5.92 Å². The SMILES string of the molecule is O=S1(=O)CCC(CNc2nccc3occc23)C1. The van der Waals surface area contributed by atoms with Gasteiger partial charge in [-0.05, 0) is 24.5 Å². The van der Waals surface area contributed by atoms with Gasteiger partial charge in [0.05, 0.1) is 23.2 Å². The normalized spacial score (nSPS) is 22.3. The monoisotopic (exact) mass is 266 g/mol. The third kappa shape index (κ3) is 2.20. The van der Waals surface area contributed by atoms with Gasteiger partial charge in [-0.1, -0.05) is 0 Å². The third-order valence-electron chi connectivity index (χ3n) is 3.26. The summed E-state index contributed by atoms with van der Waals surface area (Å²) in [6.45, 7) is 0.635. The molecule has 1 N–H and O–H groups in total. The largest absolute Gasteiger partial charge is 0.464 e. The minimum Gasteiger partial charge on any atom is -0.464 e. The molecule has 0 spiro atoms. The van der Waals surface area contributed by atoms with Crippen LogP contribution in [-0.2, 0) is 9.84 Å². The average molecular weight is 266 g/mol. The van der Waals surface area contributed by atoms with Crippen LogP contribution < -0.4 is 5.32 Å². The fourth-order valence-electron chi connectivity index (χ4n) is 2.31. The van der Waals surface area contributed by atoms with Crippen molar-refractivity contribution in [3.63, 3.8) is 0 Å². The van der Waals surface area contributed by atoms with Gasteiger partial charge in [-0.2, -0.15) is 0 Å². The van der Waals surface area contributed by atoms with E-state index in [2.05, 4.69) is 10.3 Å². The first-order valence-electron chi connectivity index (χ1n) is 5.90. The Morgan fingerprint density at radius 2 is 2.33 bits per heavy atom. The van der Waals surface area contributed by atoms with E-state index in [0.29, 0.717) is 12.3 Å². The number of nitrogens with zero attached hydrogens (tertiary/aromatic N) is 1. The van der Waals surface area contributed by atoms with Crippen molar-refractivity contribution in [3.8, 4) is 0 Å². The Labute approximate surface area is 105 Å². The summed E-state index contributed by atoms with van der Waals surface area (Å²) in [6.07, 6.45) is 4.04. The number of rotatable bonds is 3. The molecular formula is C12H14N2O3S. The topological polar surface area (TPSA) is 72.2 Å². The second kappa shape index (κ2) is 4.28. The zero-order valence-electron chi connectivity index (χ0n) is 9.80. The van der Waals surface area contributed by atoms with Crippen LogP contribution in [0.1, 0.15) is 6.42 Å². The van der Waals surface area contributed by atoms with Gasteiger partial charge in [0.2, 0.25) is 0 Å². The van der Waals surface area contributed by atoms with Crippen molar-refractivity contribution in [2.75, 3.05) is 23.4 Å². The minimum atomic E-state index is -2.81. The number of hydrogen-bond acceptors (Lipinski definition) is 5. The van der Waals surface area contributed by atoms with Gasteiger partial charge in [0.1, 0.15) is 11.4 Å². The number of anilines is 1. The van der Waals surface area contributed by atoms with Gasteiger partial charge >= 0.3 is 0 Å². The van der Waals surface area contributed by atoms with E-state index in [1.54, 1.807) is 18.5 Å². The maximum Gasteiger partial charge on any atom is 0.150 e. The van der Waals surface area contributed by atoms with E-state index in [1.165, 1.54) is 0 Å². The Hall–Kier alpha value is -1.56. The van der Waals surface area contributed by atoms with Crippen molar-refractivity contribution in [3.05, 3.63) is 24.6 Å². The van der Waals surface area contributed by atoms with Crippen LogP contribution in [-0.4, -0.2) is 31.5 Å². The van der Waals surface area contributed by atoms with Gasteiger partial charge in [0.15, 0.2) is 9.84 Å². The molecule has 3 rings (SSSR count). The molecule has 0 bridgehead atoms. The maximum absolute atomic E-state index is 11.4. The first-order valence-corrected chi connectivity index (χ1v) is 7.73. The lowest BCUT2D eigenvalue weighted by atomic mass is 10.1. The molecule has 0 amide bonds. The summed E-state index contributed by atoms with van der Waals surface area (Å²) in [4.78, 5) is 4.26. The van der Waals surface area contributed by atoms with Crippen LogP contribution in [0.25, 0.3) is 11.0 Å². The molecule has 1 aliphatic heterocycles. The van der Waals surface area contributed by atoms with E-state index in [4.69, 9.17) is 4.42 Å². The quantitative estimate of drug-likeness (QED) is 0.915. The Morgan fingerprint density at radius 3 is 3.11 bits per heavy atom. The number of pyridine rings is 1. The highest BCUT2D eigenvalue weighted by atomic mass is 32.2. The number of furan rings is 1. The highest BCUT2D eigenvalue weighted by molar-refractivity contribution is 7.91. The number of fused-ring (bicyclic) bond motifs is 1. The predicted octanol–water partition coefficient (Wildman–Crippen LogP) is 1.67. The van der Waals surface area contributed by atoms with Crippen LogP contribution in [0.3, 0.4) is 0 Å². The lowest BCUT2D eigenvalue weighted by Crippen LogP contribution is -2.16. The van der Waals surface area contributed by atoms with Crippen LogP contribution in [0.4, 0.5) is 5.82 Å². The molecule has 6 heteroatoms. The second-order valence-electron chi connectivity index (χ2n) is 4.64. The summed E-state index contributed by atoms with van der Waals surface area (Å²) in [5.41, 5.74) is 0.784. The standard InChI is InChI=1S/C12H14N2O3S/c15-18(16)6-3-9(8-18)7-14-12-10-2-5-17-11(10)1-4-13-12/h1-2,4-5,9H,3,6-8H2,(H,13,14). The van der Waals surface area contributed by atoms with Crippen LogP contribution in [0.5, 0.6) is 0 Å². The molecule has 2 aromatic rings. The van der Waals surface area contributed by atoms with Gasteiger partial charge in [0.25, 0.3) is 0 Å². The van der Waals surface area contributed by atoms with Crippen molar-refractivity contribution in [1.82, 2.24) is 4.98 Å². The van der Waals surface area contributed by atoms with Crippen LogP contribution in [0, 0.1) is 5.92 Å². The molecular weight excluding hydrogens is 252 g/mol. The fourth-order valence-corrected chi connectivity index (χ4v) is 4.17. The molecule has 1 aliphatic rings. The fraction of sp³-hybridized carbons (Fsp3) is 0.417. The molecule has 1 saturated heterocycles. The summed E-state index contributed by atoms with van der Waals surface area (Å²) >= 11 is 0. The van der Waals surface area contributed by atoms with Crippen molar-refractivity contribution < 1.29 is 12.8 Å². The van der Waals surface area contributed by atoms with Crippen molar-refractivity contribution >= 4 is 26.6 Å². The Morgan fingerprint density at radius 1 is 1.44 bits per heavy atom. The van der Waals surface area contributed by atoms with Gasteiger partial charge in [-0.25, -0.2) is 13.4 Å². The molecule has 18 heavy (non-hydrogen) atoms. The van der Waals surface area contributed by atoms with Gasteiger partial charge in [-0.15, -0.1) is 0 Å². The summed E-state index contributed by atoms with van der Waals surface area (Å²) in [5, 5.41) is 4.15. The molecule has 1 unspecified atom stereocenters. The molecule has 0 aromatic carbocycles. The first-order chi connectivity index (χ1) is 8.64. The van der Waals surface area contributed by atoms with Gasteiger partial charge in [0, 0.05) is 12.7 Å². The van der Waals surface area contributed by atoms with Crippen LogP contribution in [0.2, 0.25) is 0 Å². The van der Waals surface area contributed by atoms with Crippen LogP contribution in [0.15, 0.2) is 29.0 Å². The average Bonchev–Trinajstić information content (AvgIpc) is 2.92. The summed E-state index contributed by atoms with van der Waals surface area (Å²) in [5.74, 6) is 1.52. The first kappa shape index (κ1) is 11.5. The summed E-state index contributed by atoms with van der Waals surface area (Å²) in [6, 6.07) is 3.66. The van der Waals surface area contributed by atoms with E-state index in [-0.39, 0.29) is 11.7 Å². The van der Waals surface area contributed by atoms with Crippen molar-refractivity contribution in [1.29, 1.82) is 0 Å². The summed E-state index contributed by atoms with van der Waals surface area (Å²) in [7, 11) is -2.81. The minimum absolute atomic E-state index is 0.180. The highest BCUT2D eigenvalue weighted by Crippen LogP contribution is 2.23. The number of nitrogens with one attached hydrogen (secondary N) is 1. The second-order valence-corrected chi connectivity index (χ2v) is 6.87. The lowest BCUT2D eigenvalue weighted by molar-refractivity contribution is 0.595. The molecule has 2 aromatic heterocycles. The number of hydrogen-bond donors (Lipinski definition) is 1. The van der Waals surface area contributed by atoms with E-state index in [1.807, 2.05) is 6.07 Å². The molecule has 0 aliphatic carbocycles. The maximum atomic E-state index is 11.4. The van der Waals surface area contributed by atoms with E-state index in [0.717, 1.165) is 23.2 Å². The van der Waals surface area contributed by atoms with Crippen molar-refractivity contribution in [2.45, 2.75) is 6.42 Å². The lowest BCUT2D eigenvalue weighted by Gasteiger charge is -2.10. The molecule has 0 radical (unpaired) electrons. The number of sulfone groups is 1. The molecule has 96 valence electrons. The Balaban J connectivity index is 1.72. The van der Waals surface area contributed by atoms with Crippen LogP contribution >= 0.6 is 0 Å². The Bertz CT molecular complexity index is 663. The molecule has 3 heterocycles. The zero-order valence-corrected chi connectivity index (χ0v) is 10.6. The van der Waals surface area contributed by atoms with E-state index in [9.17, 15) is 8.42 Å². The molecule has 1 atom stereocenters. The van der Waals surface area contributed by atoms with Gasteiger partial charge < -0.3 is 9.73 Å². The Kier molecular flexibility index (Phi) is 2.74. The van der Waals surface area contributed by atoms with Gasteiger partial charge in [-0.3, -0.25) is 0 Å². The predicted molar refractivity (Wildman–Crippen MR) is 69.3 cm³/mol. The van der Waals surface area contributed by atoms with E-state index >= 15 is 0 Å². The molecule has 1 fully saturated rings. The number of aromatic nitrogens is 1.